The van der Waals surface area contributed by atoms with Crippen molar-refractivity contribution in [2.75, 3.05) is 10.6 Å². The van der Waals surface area contributed by atoms with Crippen LogP contribution in [0.2, 0.25) is 0 Å². The van der Waals surface area contributed by atoms with Crippen molar-refractivity contribution in [1.82, 2.24) is 29.3 Å². The van der Waals surface area contributed by atoms with Crippen LogP contribution in [0.1, 0.15) is 33.7 Å². The maximum absolute atomic E-state index is 15.8. The summed E-state index contributed by atoms with van der Waals surface area (Å²) < 4.78 is 59.1. The summed E-state index contributed by atoms with van der Waals surface area (Å²) in [5, 5.41) is 6.22. The molecule has 1 atom stereocenters. The fraction of sp³-hybridized carbons (Fsp3) is 0.346. The minimum atomic E-state index is -4.57. The van der Waals surface area contributed by atoms with Gasteiger partial charge < -0.3 is 15.5 Å². The molecule has 4 aromatic rings. The maximum atomic E-state index is 15.8. The molecular weight excluding hydrogens is 576 g/mol. The molecule has 1 unspecified atom stereocenters. The molecule has 0 spiro atoms. The Balaban J connectivity index is 1.73. The number of nitrogen functional groups attached to an aromatic ring is 1. The molecule has 2 amide bonds. The van der Waals surface area contributed by atoms with Crippen molar-refractivity contribution in [3.8, 4) is 22.5 Å². The number of nitrogens with zero attached hydrogens (tertiary/aromatic N) is 7. The van der Waals surface area contributed by atoms with Gasteiger partial charge in [-0.3, -0.25) is 14.3 Å². The minimum Gasteiger partial charge on any atom is -0.382 e. The molecule has 0 saturated carbocycles. The standard InChI is InChI=1S/C26H30B4F4N8O2/c1-12(24(32,33)34)40-17(7-8-37-40)15-10-18(41-20(15)21(35)36-11-38-41)14-5-6-16(31)19(9-14)39-22(44)23(3,4)42(13(2)43)26(29,30)25(39,27)28/h5-12H,27-30H2,1-4H3,(H2,35,36,38). The van der Waals surface area contributed by atoms with E-state index in [4.69, 9.17) is 5.73 Å². The van der Waals surface area contributed by atoms with Gasteiger partial charge >= 0.3 is 6.18 Å². The smallest absolute Gasteiger partial charge is 0.382 e. The first-order valence-corrected chi connectivity index (χ1v) is 13.9. The third-order valence-corrected chi connectivity index (χ3v) is 9.07. The third kappa shape index (κ3) is 4.40. The normalized spacial score (nSPS) is 18.5. The second-order valence-electron chi connectivity index (χ2n) is 12.6. The Kier molecular flexibility index (Phi) is 7.02. The Hall–Kier alpha value is -4.23. The Morgan fingerprint density at radius 2 is 1.68 bits per heavy atom. The average molecular weight is 606 g/mol. The predicted molar refractivity (Wildman–Crippen MR) is 169 cm³/mol. The van der Waals surface area contributed by atoms with Crippen LogP contribution in [-0.2, 0) is 9.59 Å². The molecule has 1 aliphatic heterocycles. The molecule has 2 N–H and O–H groups in total. The van der Waals surface area contributed by atoms with Crippen molar-refractivity contribution < 1.29 is 27.2 Å². The van der Waals surface area contributed by atoms with E-state index >= 15 is 4.39 Å². The number of carbonyl (C=O) groups is 2. The van der Waals surface area contributed by atoms with Crippen molar-refractivity contribution in [3.63, 3.8) is 0 Å². The zero-order valence-corrected chi connectivity index (χ0v) is 25.7. The number of anilines is 2. The quantitative estimate of drug-likeness (QED) is 0.257. The van der Waals surface area contributed by atoms with E-state index in [1.54, 1.807) is 35.6 Å². The van der Waals surface area contributed by atoms with Crippen LogP contribution in [0, 0.1) is 5.82 Å². The number of hydrogen-bond donors (Lipinski definition) is 1. The summed E-state index contributed by atoms with van der Waals surface area (Å²) >= 11 is 0. The molecule has 3 aromatic heterocycles. The monoisotopic (exact) mass is 606 g/mol. The van der Waals surface area contributed by atoms with E-state index in [2.05, 4.69) is 15.2 Å². The predicted octanol–water partition coefficient (Wildman–Crippen LogP) is -0.0819. The van der Waals surface area contributed by atoms with Crippen LogP contribution in [0.15, 0.2) is 42.9 Å². The SMILES string of the molecule is BC1(B)N(c2cc(-c3cc(-c4ccnn4C(C)C(F)(F)F)c4c(N)ncnn34)ccc2F)C(=O)C(C)(C)N(C(C)=O)C1(B)B. The van der Waals surface area contributed by atoms with Crippen LogP contribution < -0.4 is 10.6 Å². The molecule has 44 heavy (non-hydrogen) atoms. The van der Waals surface area contributed by atoms with Crippen LogP contribution in [0.4, 0.5) is 29.1 Å². The van der Waals surface area contributed by atoms with E-state index in [1.165, 1.54) is 58.0 Å². The molecule has 226 valence electrons. The molecule has 10 nitrogen and oxygen atoms in total. The Labute approximate surface area is 254 Å². The van der Waals surface area contributed by atoms with Gasteiger partial charge in [0.2, 0.25) is 5.91 Å². The minimum absolute atomic E-state index is 0.0103. The van der Waals surface area contributed by atoms with Crippen LogP contribution in [-0.4, -0.2) is 94.9 Å². The summed E-state index contributed by atoms with van der Waals surface area (Å²) in [5.41, 5.74) is 6.30. The largest absolute Gasteiger partial charge is 0.410 e. The zero-order valence-electron chi connectivity index (χ0n) is 25.7. The second kappa shape index (κ2) is 9.89. The number of benzene rings is 1. The van der Waals surface area contributed by atoms with Crippen molar-refractivity contribution in [1.29, 1.82) is 0 Å². The first-order chi connectivity index (χ1) is 20.2. The first-order valence-electron chi connectivity index (χ1n) is 13.9. The Morgan fingerprint density at radius 3 is 2.30 bits per heavy atom. The van der Waals surface area contributed by atoms with Gasteiger partial charge in [-0.15, -0.1) is 0 Å². The van der Waals surface area contributed by atoms with Crippen LogP contribution in [0.5, 0.6) is 0 Å². The van der Waals surface area contributed by atoms with Crippen LogP contribution in [0.25, 0.3) is 28.0 Å². The maximum Gasteiger partial charge on any atom is 0.410 e. The molecular formula is C26H30B4F4N8O2. The molecule has 1 aromatic carbocycles. The van der Waals surface area contributed by atoms with Crippen molar-refractivity contribution in [2.24, 2.45) is 0 Å². The van der Waals surface area contributed by atoms with Crippen molar-refractivity contribution >= 4 is 60.2 Å². The highest BCUT2D eigenvalue weighted by Crippen LogP contribution is 2.44. The zero-order chi connectivity index (χ0) is 32.7. The number of nitrogens with two attached hydrogens (primary N) is 1. The van der Waals surface area contributed by atoms with Gasteiger partial charge in [-0.1, -0.05) is 0 Å². The number of amides is 2. The molecule has 1 saturated heterocycles. The van der Waals surface area contributed by atoms with Gasteiger partial charge in [0.25, 0.3) is 5.91 Å². The van der Waals surface area contributed by atoms with Gasteiger partial charge in [-0.25, -0.2) is 13.9 Å². The van der Waals surface area contributed by atoms with E-state index in [9.17, 15) is 22.8 Å². The second-order valence-corrected chi connectivity index (χ2v) is 12.6. The topological polar surface area (TPSA) is 115 Å². The highest BCUT2D eigenvalue weighted by atomic mass is 19.4. The van der Waals surface area contributed by atoms with Crippen LogP contribution >= 0.6 is 0 Å². The molecule has 4 heterocycles. The molecule has 18 heteroatoms. The molecule has 0 bridgehead atoms. The molecule has 0 aliphatic carbocycles. The molecule has 1 fully saturated rings. The summed E-state index contributed by atoms with van der Waals surface area (Å²) in [4.78, 5) is 33.8. The van der Waals surface area contributed by atoms with E-state index < -0.39 is 40.2 Å². The molecule has 0 radical (unpaired) electrons. The van der Waals surface area contributed by atoms with Crippen LogP contribution in [0.3, 0.4) is 0 Å². The number of alkyl halides is 3. The Morgan fingerprint density at radius 1 is 1.02 bits per heavy atom. The summed E-state index contributed by atoms with van der Waals surface area (Å²) in [6.45, 7) is 5.64. The summed E-state index contributed by atoms with van der Waals surface area (Å²) in [6, 6.07) is 5.27. The fourth-order valence-electron chi connectivity index (χ4n) is 6.35. The van der Waals surface area contributed by atoms with Gasteiger partial charge in [0.15, 0.2) is 5.82 Å². The number of aromatic nitrogens is 5. The number of hydrogen-bond acceptors (Lipinski definition) is 6. The number of fused-ring (bicyclic) bond motifs is 1. The lowest BCUT2D eigenvalue weighted by Gasteiger charge is -2.64. The van der Waals surface area contributed by atoms with Gasteiger partial charge in [0.1, 0.15) is 60.6 Å². The average Bonchev–Trinajstić information content (AvgIpc) is 3.53. The number of piperazine rings is 1. The summed E-state index contributed by atoms with van der Waals surface area (Å²) in [5.74, 6) is -1.44. The van der Waals surface area contributed by atoms with Gasteiger partial charge in [-0.2, -0.15) is 23.4 Å². The first kappa shape index (κ1) is 31.2. The van der Waals surface area contributed by atoms with Gasteiger partial charge in [0.05, 0.1) is 17.1 Å². The lowest BCUT2D eigenvalue weighted by Crippen LogP contribution is -2.85. The van der Waals surface area contributed by atoms with E-state index in [1.807, 2.05) is 15.7 Å². The molecule has 1 aliphatic rings. The highest BCUT2D eigenvalue weighted by molar-refractivity contribution is 6.58. The number of rotatable bonds is 4. The van der Waals surface area contributed by atoms with Crippen molar-refractivity contribution in [3.05, 3.63) is 48.7 Å². The summed E-state index contributed by atoms with van der Waals surface area (Å²) in [6.07, 6.45) is -2.11. The number of halogens is 4. The van der Waals surface area contributed by atoms with Gasteiger partial charge in [-0.05, 0) is 61.8 Å². The highest BCUT2D eigenvalue weighted by Gasteiger charge is 2.60. The third-order valence-electron chi connectivity index (χ3n) is 9.07. The lowest BCUT2D eigenvalue weighted by atomic mass is 9.35. The van der Waals surface area contributed by atoms with E-state index in [0.29, 0.717) is 11.3 Å². The van der Waals surface area contributed by atoms with E-state index in [0.717, 1.165) is 11.6 Å². The summed E-state index contributed by atoms with van der Waals surface area (Å²) in [7, 11) is 7.19. The molecule has 5 rings (SSSR count). The van der Waals surface area contributed by atoms with E-state index in [-0.39, 0.29) is 34.2 Å². The Bertz CT molecular complexity index is 1820. The van der Waals surface area contributed by atoms with Crippen molar-refractivity contribution in [2.45, 2.75) is 56.1 Å². The number of carbonyl (C=O) groups excluding carboxylic acids is 2. The lowest BCUT2D eigenvalue weighted by molar-refractivity contribution is -0.165. The fourth-order valence-corrected chi connectivity index (χ4v) is 6.35. The van der Waals surface area contributed by atoms with Gasteiger partial charge in [0, 0.05) is 24.2 Å².